The summed E-state index contributed by atoms with van der Waals surface area (Å²) >= 11 is 0. The van der Waals surface area contributed by atoms with Crippen LogP contribution in [0.4, 0.5) is 4.79 Å². The number of methoxy groups -OCH3 is 1. The summed E-state index contributed by atoms with van der Waals surface area (Å²) in [7, 11) is 6.10. The SMILES string of the molecule is COc1ccc(CN(C[C@]2(C)CC[C@@](c3ccccc3)(N(C)C)CC2)C(=O)NCC2(C)CCC2)cc1. The third kappa shape index (κ3) is 5.88. The molecule has 2 fully saturated rings. The van der Waals surface area contributed by atoms with Gasteiger partial charge in [-0.05, 0) is 86.7 Å². The van der Waals surface area contributed by atoms with Gasteiger partial charge >= 0.3 is 6.03 Å². The molecule has 0 radical (unpaired) electrons. The van der Waals surface area contributed by atoms with Crippen LogP contribution in [0.25, 0.3) is 0 Å². The van der Waals surface area contributed by atoms with Crippen LogP contribution in [0.1, 0.15) is 69.9 Å². The van der Waals surface area contributed by atoms with Crippen molar-refractivity contribution in [1.82, 2.24) is 15.1 Å². The van der Waals surface area contributed by atoms with Crippen LogP contribution in [0.3, 0.4) is 0 Å². The number of rotatable bonds is 9. The lowest BCUT2D eigenvalue weighted by molar-refractivity contribution is 0.0278. The van der Waals surface area contributed by atoms with Crippen molar-refractivity contribution in [2.24, 2.45) is 10.8 Å². The smallest absolute Gasteiger partial charge is 0.317 e. The van der Waals surface area contributed by atoms with E-state index in [9.17, 15) is 4.79 Å². The lowest BCUT2D eigenvalue weighted by atomic mass is 9.65. The van der Waals surface area contributed by atoms with Crippen molar-refractivity contribution >= 4 is 6.03 Å². The topological polar surface area (TPSA) is 44.8 Å². The summed E-state index contributed by atoms with van der Waals surface area (Å²) in [5, 5.41) is 3.29. The van der Waals surface area contributed by atoms with Gasteiger partial charge in [0.25, 0.3) is 0 Å². The maximum atomic E-state index is 13.5. The van der Waals surface area contributed by atoms with Gasteiger partial charge in [-0.15, -0.1) is 0 Å². The Balaban J connectivity index is 1.48. The van der Waals surface area contributed by atoms with Crippen LogP contribution in [-0.4, -0.2) is 50.1 Å². The number of nitrogens with zero attached hydrogens (tertiary/aromatic N) is 2. The Hall–Kier alpha value is -2.53. The highest BCUT2D eigenvalue weighted by atomic mass is 16.5. The molecule has 196 valence electrons. The third-order valence-corrected chi connectivity index (χ3v) is 9.07. The first-order valence-corrected chi connectivity index (χ1v) is 13.6. The first-order valence-electron chi connectivity index (χ1n) is 13.6. The van der Waals surface area contributed by atoms with Gasteiger partial charge < -0.3 is 15.0 Å². The van der Waals surface area contributed by atoms with E-state index in [1.807, 2.05) is 12.1 Å². The molecule has 36 heavy (non-hydrogen) atoms. The second-order valence-electron chi connectivity index (χ2n) is 12.1. The second kappa shape index (κ2) is 10.8. The molecule has 0 aliphatic heterocycles. The van der Waals surface area contributed by atoms with Crippen molar-refractivity contribution in [1.29, 1.82) is 0 Å². The molecular weight excluding hydrogens is 446 g/mol. The molecule has 0 aromatic heterocycles. The van der Waals surface area contributed by atoms with Gasteiger partial charge in [-0.1, -0.05) is 62.7 Å². The molecule has 2 aliphatic rings. The predicted octanol–water partition coefficient (Wildman–Crippen LogP) is 6.43. The average Bonchev–Trinajstić information content (AvgIpc) is 2.87. The molecule has 2 amide bonds. The molecule has 0 spiro atoms. The summed E-state index contributed by atoms with van der Waals surface area (Å²) in [5.74, 6) is 0.841. The molecule has 2 aromatic carbocycles. The Kier molecular flexibility index (Phi) is 7.99. The number of amides is 2. The van der Waals surface area contributed by atoms with Crippen molar-refractivity contribution in [2.45, 2.75) is 70.9 Å². The van der Waals surface area contributed by atoms with Crippen LogP contribution in [-0.2, 0) is 12.1 Å². The number of ether oxygens (including phenoxy) is 1. The normalized spacial score (nSPS) is 25.2. The van der Waals surface area contributed by atoms with E-state index in [-0.39, 0.29) is 22.4 Å². The molecule has 0 saturated heterocycles. The van der Waals surface area contributed by atoms with E-state index in [0.29, 0.717) is 6.54 Å². The molecule has 1 N–H and O–H groups in total. The molecule has 2 aliphatic carbocycles. The van der Waals surface area contributed by atoms with Crippen molar-refractivity contribution < 1.29 is 9.53 Å². The minimum Gasteiger partial charge on any atom is -0.497 e. The van der Waals surface area contributed by atoms with Gasteiger partial charge in [-0.25, -0.2) is 4.79 Å². The molecular formula is C31H45N3O2. The summed E-state index contributed by atoms with van der Waals surface area (Å²) in [6.07, 6.45) is 8.04. The third-order valence-electron chi connectivity index (χ3n) is 9.07. The quantitative estimate of drug-likeness (QED) is 0.439. The summed E-state index contributed by atoms with van der Waals surface area (Å²) in [6.45, 7) is 6.80. The monoisotopic (exact) mass is 491 g/mol. The van der Waals surface area contributed by atoms with Gasteiger partial charge in [0.2, 0.25) is 0 Å². The predicted molar refractivity (Wildman–Crippen MR) is 147 cm³/mol. The van der Waals surface area contributed by atoms with Gasteiger partial charge in [0.1, 0.15) is 5.75 Å². The minimum absolute atomic E-state index is 0.0582. The Labute approximate surface area is 218 Å². The zero-order valence-corrected chi connectivity index (χ0v) is 23.0. The molecule has 0 bridgehead atoms. The molecule has 2 saturated carbocycles. The van der Waals surface area contributed by atoms with E-state index in [1.54, 1.807) is 7.11 Å². The van der Waals surface area contributed by atoms with Crippen LogP contribution < -0.4 is 10.1 Å². The summed E-state index contributed by atoms with van der Waals surface area (Å²) in [6, 6.07) is 19.1. The number of benzene rings is 2. The Bertz CT molecular complexity index is 990. The maximum Gasteiger partial charge on any atom is 0.317 e. The molecule has 5 nitrogen and oxygen atoms in total. The van der Waals surface area contributed by atoms with Crippen molar-refractivity contribution in [3.05, 3.63) is 65.7 Å². The van der Waals surface area contributed by atoms with E-state index in [2.05, 4.69) is 85.5 Å². The van der Waals surface area contributed by atoms with Crippen LogP contribution in [0.2, 0.25) is 0 Å². The van der Waals surface area contributed by atoms with Gasteiger partial charge in [0.15, 0.2) is 0 Å². The fourth-order valence-corrected chi connectivity index (χ4v) is 6.14. The number of urea groups is 1. The minimum atomic E-state index is 0.0582. The number of hydrogen-bond acceptors (Lipinski definition) is 3. The van der Waals surface area contributed by atoms with Crippen molar-refractivity contribution in [2.75, 3.05) is 34.3 Å². The zero-order valence-electron chi connectivity index (χ0n) is 23.0. The Morgan fingerprint density at radius 3 is 2.06 bits per heavy atom. The molecule has 4 rings (SSSR count). The lowest BCUT2D eigenvalue weighted by Crippen LogP contribution is -2.51. The van der Waals surface area contributed by atoms with Crippen molar-refractivity contribution in [3.63, 3.8) is 0 Å². The summed E-state index contributed by atoms with van der Waals surface area (Å²) in [4.78, 5) is 18.0. The largest absolute Gasteiger partial charge is 0.497 e. The van der Waals surface area contributed by atoms with Crippen molar-refractivity contribution in [3.8, 4) is 5.75 Å². The Morgan fingerprint density at radius 2 is 1.53 bits per heavy atom. The van der Waals surface area contributed by atoms with E-state index in [0.717, 1.165) is 50.1 Å². The van der Waals surface area contributed by atoms with E-state index in [4.69, 9.17) is 4.74 Å². The Morgan fingerprint density at radius 1 is 0.889 bits per heavy atom. The fraction of sp³-hybridized carbons (Fsp3) is 0.581. The molecule has 0 atom stereocenters. The van der Waals surface area contributed by atoms with E-state index < -0.39 is 0 Å². The van der Waals surface area contributed by atoms with Gasteiger partial charge in [-0.2, -0.15) is 0 Å². The highest BCUT2D eigenvalue weighted by Crippen LogP contribution is 2.48. The van der Waals surface area contributed by atoms with Crippen LogP contribution in [0, 0.1) is 10.8 Å². The number of nitrogens with one attached hydrogen (secondary N) is 1. The van der Waals surface area contributed by atoms with Crippen LogP contribution >= 0.6 is 0 Å². The standard InChI is InChI=1S/C31H45N3O2/c1-29(16-9-17-29)23-32-28(35)34(22-25-12-14-27(36-5)15-13-25)24-30(2)18-20-31(21-19-30,33(3)4)26-10-7-6-8-11-26/h6-8,10-15H,9,16-24H2,1-5H3,(H,32,35)/t30-,31-. The maximum absolute atomic E-state index is 13.5. The zero-order chi connectivity index (χ0) is 25.8. The van der Waals surface area contributed by atoms with Crippen LogP contribution in [0.15, 0.2) is 54.6 Å². The second-order valence-corrected chi connectivity index (χ2v) is 12.1. The molecule has 0 heterocycles. The van der Waals surface area contributed by atoms with E-state index >= 15 is 0 Å². The fourth-order valence-electron chi connectivity index (χ4n) is 6.14. The van der Waals surface area contributed by atoms with Crippen LogP contribution in [0.5, 0.6) is 5.75 Å². The van der Waals surface area contributed by atoms with Gasteiger partial charge in [0.05, 0.1) is 7.11 Å². The average molecular weight is 492 g/mol. The summed E-state index contributed by atoms with van der Waals surface area (Å²) in [5.41, 5.74) is 2.93. The highest BCUT2D eigenvalue weighted by Gasteiger charge is 2.44. The first-order chi connectivity index (χ1) is 17.2. The van der Waals surface area contributed by atoms with Gasteiger partial charge in [0, 0.05) is 25.2 Å². The number of carbonyl (C=O) groups is 1. The number of hydrogen-bond donors (Lipinski definition) is 1. The summed E-state index contributed by atoms with van der Waals surface area (Å²) < 4.78 is 5.33. The first kappa shape index (κ1) is 26.5. The molecule has 5 heteroatoms. The molecule has 2 aromatic rings. The lowest BCUT2D eigenvalue weighted by Gasteiger charge is -2.50. The van der Waals surface area contributed by atoms with Gasteiger partial charge in [-0.3, -0.25) is 4.90 Å². The highest BCUT2D eigenvalue weighted by molar-refractivity contribution is 5.74. The van der Waals surface area contributed by atoms with E-state index in [1.165, 1.54) is 24.8 Å². The number of carbonyl (C=O) groups excluding carboxylic acids is 1. The molecule has 0 unspecified atom stereocenters.